The van der Waals surface area contributed by atoms with E-state index in [-0.39, 0.29) is 0 Å². The van der Waals surface area contributed by atoms with Crippen molar-refractivity contribution in [3.63, 3.8) is 0 Å². The van der Waals surface area contributed by atoms with Gasteiger partial charge in [0.1, 0.15) is 0 Å². The molecule has 1 fully saturated rings. The van der Waals surface area contributed by atoms with Crippen LogP contribution < -0.4 is 4.90 Å². The number of nitrogens with zero attached hydrogens (tertiary/aromatic N) is 1. The summed E-state index contributed by atoms with van der Waals surface area (Å²) in [5, 5.41) is 0. The van der Waals surface area contributed by atoms with E-state index in [2.05, 4.69) is 29.1 Å². The van der Waals surface area contributed by atoms with E-state index < -0.39 is 0 Å². The molecule has 1 N–H and O–H groups in total. The van der Waals surface area contributed by atoms with E-state index >= 15 is 0 Å². The summed E-state index contributed by atoms with van der Waals surface area (Å²) < 4.78 is 0. The van der Waals surface area contributed by atoms with Crippen molar-refractivity contribution in [3.05, 3.63) is 18.0 Å². The minimum atomic E-state index is 1.20. The van der Waals surface area contributed by atoms with Gasteiger partial charge in [0.25, 0.3) is 0 Å². The van der Waals surface area contributed by atoms with Gasteiger partial charge >= 0.3 is 0 Å². The van der Waals surface area contributed by atoms with E-state index in [1.54, 1.807) is 0 Å². The van der Waals surface area contributed by atoms with Crippen LogP contribution in [0.1, 0.15) is 38.3 Å². The fraction of sp³-hybridized carbons (Fsp3) is 0.667. The first-order valence-electron chi connectivity index (χ1n) is 5.83. The minimum absolute atomic E-state index is 1.20. The number of H-pyrrole nitrogens is 1. The highest BCUT2D eigenvalue weighted by molar-refractivity contribution is 5.51. The number of nitrogens with one attached hydrogen (secondary N) is 1. The molecule has 1 aromatic heterocycles. The van der Waals surface area contributed by atoms with E-state index in [1.165, 1.54) is 56.6 Å². The zero-order valence-corrected chi connectivity index (χ0v) is 9.05. The van der Waals surface area contributed by atoms with Crippen LogP contribution in [0.4, 0.5) is 5.69 Å². The molecule has 2 rings (SSSR count). The Hall–Kier alpha value is -0.920. The van der Waals surface area contributed by atoms with E-state index in [1.807, 2.05) is 0 Å². The fourth-order valence-corrected chi connectivity index (χ4v) is 2.20. The summed E-state index contributed by atoms with van der Waals surface area (Å²) >= 11 is 0. The van der Waals surface area contributed by atoms with Crippen molar-refractivity contribution in [3.8, 4) is 0 Å². The molecule has 1 aliphatic heterocycles. The van der Waals surface area contributed by atoms with Crippen LogP contribution >= 0.6 is 0 Å². The highest BCUT2D eigenvalue weighted by Crippen LogP contribution is 2.24. The Balaban J connectivity index is 2.04. The number of aryl methyl sites for hydroxylation is 1. The third-order valence-corrected chi connectivity index (χ3v) is 3.04. The van der Waals surface area contributed by atoms with Crippen LogP contribution in [0.3, 0.4) is 0 Å². The minimum Gasteiger partial charge on any atom is -0.370 e. The maximum atomic E-state index is 3.38. The first kappa shape index (κ1) is 9.63. The van der Waals surface area contributed by atoms with Gasteiger partial charge in [-0.1, -0.05) is 13.3 Å². The van der Waals surface area contributed by atoms with Gasteiger partial charge in [0.05, 0.1) is 5.69 Å². The Morgan fingerprint density at radius 1 is 1.36 bits per heavy atom. The maximum Gasteiger partial charge on any atom is 0.0576 e. The van der Waals surface area contributed by atoms with Crippen LogP contribution in [0, 0.1) is 0 Å². The molecule has 1 saturated heterocycles. The molecule has 1 aliphatic rings. The summed E-state index contributed by atoms with van der Waals surface area (Å²) in [4.78, 5) is 5.89. The molecule has 0 atom stereocenters. The third-order valence-electron chi connectivity index (χ3n) is 3.04. The number of unbranched alkanes of at least 4 members (excludes halogenated alkanes) is 1. The Morgan fingerprint density at radius 2 is 2.14 bits per heavy atom. The number of hydrogen-bond donors (Lipinski definition) is 1. The van der Waals surface area contributed by atoms with Crippen molar-refractivity contribution in [1.29, 1.82) is 0 Å². The van der Waals surface area contributed by atoms with Crippen LogP contribution in [-0.2, 0) is 6.42 Å². The van der Waals surface area contributed by atoms with E-state index in [9.17, 15) is 0 Å². The molecule has 2 heteroatoms. The predicted octanol–water partition coefficient (Wildman–Crippen LogP) is 2.96. The molecule has 0 saturated carbocycles. The molecule has 78 valence electrons. The van der Waals surface area contributed by atoms with Crippen molar-refractivity contribution < 1.29 is 0 Å². The van der Waals surface area contributed by atoms with Gasteiger partial charge in [0.15, 0.2) is 0 Å². The lowest BCUT2D eigenvalue weighted by Crippen LogP contribution is -2.18. The molecule has 1 aromatic rings. The van der Waals surface area contributed by atoms with Gasteiger partial charge in [-0.3, -0.25) is 0 Å². The molecule has 2 nitrogen and oxygen atoms in total. The zero-order valence-electron chi connectivity index (χ0n) is 9.05. The summed E-state index contributed by atoms with van der Waals surface area (Å²) in [5.74, 6) is 0. The van der Waals surface area contributed by atoms with Crippen LogP contribution in [0.2, 0.25) is 0 Å². The quantitative estimate of drug-likeness (QED) is 0.777. The largest absolute Gasteiger partial charge is 0.370 e. The molecular weight excluding hydrogens is 172 g/mol. The highest BCUT2D eigenvalue weighted by atomic mass is 15.2. The summed E-state index contributed by atoms with van der Waals surface area (Å²) in [7, 11) is 0. The number of aromatic amines is 1. The van der Waals surface area contributed by atoms with Gasteiger partial charge in [-0.2, -0.15) is 0 Å². The zero-order chi connectivity index (χ0) is 9.80. The van der Waals surface area contributed by atoms with Gasteiger partial charge in [-0.05, 0) is 31.7 Å². The van der Waals surface area contributed by atoms with Crippen LogP contribution in [0.25, 0.3) is 0 Å². The molecule has 0 amide bonds. The van der Waals surface area contributed by atoms with Crippen molar-refractivity contribution >= 4 is 5.69 Å². The molecule has 14 heavy (non-hydrogen) atoms. The van der Waals surface area contributed by atoms with Crippen molar-refractivity contribution in [2.75, 3.05) is 18.0 Å². The Labute approximate surface area is 86.3 Å². The number of anilines is 1. The van der Waals surface area contributed by atoms with Gasteiger partial charge in [0, 0.05) is 25.0 Å². The standard InChI is InChI=1S/C12H20N2/c1-2-3-6-11-12(7-8-13-11)14-9-4-5-10-14/h7-8,13H,2-6,9-10H2,1H3. The molecule has 0 aromatic carbocycles. The van der Waals surface area contributed by atoms with Gasteiger partial charge in [-0.15, -0.1) is 0 Å². The first-order valence-corrected chi connectivity index (χ1v) is 5.83. The topological polar surface area (TPSA) is 19.0 Å². The third kappa shape index (κ3) is 1.94. The molecular formula is C12H20N2. The normalized spacial score (nSPS) is 16.5. The summed E-state index contributed by atoms with van der Waals surface area (Å²) in [6, 6.07) is 2.23. The molecule has 0 radical (unpaired) electrons. The highest BCUT2D eigenvalue weighted by Gasteiger charge is 2.15. The van der Waals surface area contributed by atoms with Gasteiger partial charge < -0.3 is 9.88 Å². The van der Waals surface area contributed by atoms with E-state index in [0.717, 1.165) is 0 Å². The van der Waals surface area contributed by atoms with Crippen LogP contribution in [0.15, 0.2) is 12.3 Å². The lowest BCUT2D eigenvalue weighted by atomic mass is 10.2. The Bertz CT molecular complexity index is 272. The second-order valence-corrected chi connectivity index (χ2v) is 4.14. The number of rotatable bonds is 4. The smallest absolute Gasteiger partial charge is 0.0576 e. The van der Waals surface area contributed by atoms with E-state index in [4.69, 9.17) is 0 Å². The van der Waals surface area contributed by atoms with Gasteiger partial charge in [0.2, 0.25) is 0 Å². The van der Waals surface area contributed by atoms with Crippen molar-refractivity contribution in [2.24, 2.45) is 0 Å². The Morgan fingerprint density at radius 3 is 2.86 bits per heavy atom. The summed E-state index contributed by atoms with van der Waals surface area (Å²) in [6.07, 6.45) is 8.57. The van der Waals surface area contributed by atoms with Gasteiger partial charge in [-0.25, -0.2) is 0 Å². The molecule has 0 unspecified atom stereocenters. The first-order chi connectivity index (χ1) is 6.92. The second kappa shape index (κ2) is 4.54. The van der Waals surface area contributed by atoms with Crippen LogP contribution in [-0.4, -0.2) is 18.1 Å². The number of aromatic nitrogens is 1. The Kier molecular flexibility index (Phi) is 3.12. The summed E-state index contributed by atoms with van der Waals surface area (Å²) in [6.45, 7) is 4.74. The molecule has 0 aliphatic carbocycles. The second-order valence-electron chi connectivity index (χ2n) is 4.14. The molecule has 0 bridgehead atoms. The van der Waals surface area contributed by atoms with Crippen molar-refractivity contribution in [2.45, 2.75) is 39.0 Å². The fourth-order valence-electron chi connectivity index (χ4n) is 2.20. The molecule has 2 heterocycles. The lowest BCUT2D eigenvalue weighted by Gasteiger charge is -2.17. The average Bonchev–Trinajstić information content (AvgIpc) is 2.84. The maximum absolute atomic E-state index is 3.38. The lowest BCUT2D eigenvalue weighted by molar-refractivity contribution is 0.776. The van der Waals surface area contributed by atoms with E-state index in [0.29, 0.717) is 0 Å². The van der Waals surface area contributed by atoms with Crippen LogP contribution in [0.5, 0.6) is 0 Å². The predicted molar refractivity (Wildman–Crippen MR) is 60.9 cm³/mol. The molecule has 0 spiro atoms. The summed E-state index contributed by atoms with van der Waals surface area (Å²) in [5.41, 5.74) is 2.89. The average molecular weight is 192 g/mol. The monoisotopic (exact) mass is 192 g/mol. The van der Waals surface area contributed by atoms with Crippen molar-refractivity contribution in [1.82, 2.24) is 4.98 Å². The number of hydrogen-bond acceptors (Lipinski definition) is 1. The SMILES string of the molecule is CCCCc1[nH]ccc1N1CCCC1.